The summed E-state index contributed by atoms with van der Waals surface area (Å²) in [7, 11) is 0. The van der Waals surface area contributed by atoms with E-state index < -0.39 is 17.0 Å². The van der Waals surface area contributed by atoms with Crippen molar-refractivity contribution >= 4 is 23.6 Å². The summed E-state index contributed by atoms with van der Waals surface area (Å²) >= 11 is 1.64. The fraction of sp³-hybridized carbons (Fsp3) is 0.579. The third-order valence-electron chi connectivity index (χ3n) is 5.41. The second kappa shape index (κ2) is 7.94. The van der Waals surface area contributed by atoms with Gasteiger partial charge in [-0.15, -0.1) is 0 Å². The van der Waals surface area contributed by atoms with Gasteiger partial charge in [-0.25, -0.2) is 8.78 Å². The van der Waals surface area contributed by atoms with Crippen molar-refractivity contribution in [3.63, 3.8) is 0 Å². The minimum atomic E-state index is -0.895. The molecule has 2 fully saturated rings. The SMILES string of the molecule is CSCCC(=O)N1CC[C@]2(CCCN(Cc3ccc(F)c(F)c3)C2=O)C1. The minimum Gasteiger partial charge on any atom is -0.342 e. The number of likely N-dealkylation sites (tertiary alicyclic amines) is 2. The summed E-state index contributed by atoms with van der Waals surface area (Å²) in [5.74, 6) is -0.840. The summed E-state index contributed by atoms with van der Waals surface area (Å²) in [5, 5.41) is 0. The molecule has 0 N–H and O–H groups in total. The number of carbonyl (C=O) groups is 2. The highest BCUT2D eigenvalue weighted by Gasteiger charge is 2.49. The summed E-state index contributed by atoms with van der Waals surface area (Å²) in [6.45, 7) is 1.99. The third kappa shape index (κ3) is 3.87. The Morgan fingerprint density at radius 1 is 1.23 bits per heavy atom. The Kier molecular flexibility index (Phi) is 5.85. The van der Waals surface area contributed by atoms with E-state index >= 15 is 0 Å². The molecule has 1 atom stereocenters. The molecule has 0 aliphatic carbocycles. The standard InChI is InChI=1S/C19H24F2N2O2S/c1-26-10-5-17(24)23-9-7-19(13-23)6-2-8-22(18(19)25)12-14-3-4-15(20)16(21)11-14/h3-4,11H,2,5-10,12-13H2,1H3/t19-/m1/s1. The topological polar surface area (TPSA) is 40.6 Å². The van der Waals surface area contributed by atoms with Crippen LogP contribution in [0.1, 0.15) is 31.2 Å². The van der Waals surface area contributed by atoms with Crippen molar-refractivity contribution in [2.75, 3.05) is 31.6 Å². The van der Waals surface area contributed by atoms with Crippen LogP contribution in [0.5, 0.6) is 0 Å². The molecule has 4 nitrogen and oxygen atoms in total. The minimum absolute atomic E-state index is 0.0358. The van der Waals surface area contributed by atoms with Gasteiger partial charge in [-0.05, 0) is 43.2 Å². The molecule has 1 aromatic rings. The molecule has 0 bridgehead atoms. The van der Waals surface area contributed by atoms with Crippen LogP contribution in [0.4, 0.5) is 8.78 Å². The van der Waals surface area contributed by atoms with Crippen LogP contribution in [0.2, 0.25) is 0 Å². The predicted octanol–water partition coefficient (Wildman–Crippen LogP) is 3.06. The van der Waals surface area contributed by atoms with Crippen molar-refractivity contribution in [2.45, 2.75) is 32.2 Å². The maximum absolute atomic E-state index is 13.4. The van der Waals surface area contributed by atoms with Crippen LogP contribution in [0.25, 0.3) is 0 Å². The van der Waals surface area contributed by atoms with Gasteiger partial charge in [0.25, 0.3) is 0 Å². The van der Waals surface area contributed by atoms with E-state index in [-0.39, 0.29) is 18.4 Å². The molecule has 2 saturated heterocycles. The van der Waals surface area contributed by atoms with E-state index in [9.17, 15) is 18.4 Å². The lowest BCUT2D eigenvalue weighted by molar-refractivity contribution is -0.146. The molecule has 2 aliphatic heterocycles. The number of hydrogen-bond donors (Lipinski definition) is 0. The number of carbonyl (C=O) groups excluding carboxylic acids is 2. The average Bonchev–Trinajstić information content (AvgIpc) is 3.05. The van der Waals surface area contributed by atoms with Crippen LogP contribution in [-0.2, 0) is 16.1 Å². The van der Waals surface area contributed by atoms with Crippen LogP contribution >= 0.6 is 11.8 Å². The normalized spacial score (nSPS) is 23.1. The van der Waals surface area contributed by atoms with Crippen molar-refractivity contribution in [3.05, 3.63) is 35.4 Å². The first-order chi connectivity index (χ1) is 12.4. The van der Waals surface area contributed by atoms with Crippen LogP contribution in [-0.4, -0.2) is 53.3 Å². The number of benzene rings is 1. The van der Waals surface area contributed by atoms with Gasteiger partial charge in [0, 0.05) is 38.4 Å². The molecule has 7 heteroatoms. The van der Waals surface area contributed by atoms with Gasteiger partial charge < -0.3 is 9.80 Å². The summed E-state index contributed by atoms with van der Waals surface area (Å²) < 4.78 is 26.5. The molecule has 26 heavy (non-hydrogen) atoms. The number of amides is 2. The Bertz CT molecular complexity index is 700. The summed E-state index contributed by atoms with van der Waals surface area (Å²) in [6.07, 6.45) is 4.81. The molecular formula is C19H24F2N2O2S. The largest absolute Gasteiger partial charge is 0.342 e. The molecule has 142 valence electrons. The summed E-state index contributed by atoms with van der Waals surface area (Å²) in [4.78, 5) is 28.9. The number of thioether (sulfide) groups is 1. The van der Waals surface area contributed by atoms with E-state index in [1.807, 2.05) is 11.2 Å². The second-order valence-corrected chi connectivity index (χ2v) is 8.15. The number of halogens is 2. The van der Waals surface area contributed by atoms with Gasteiger partial charge >= 0.3 is 0 Å². The highest BCUT2D eigenvalue weighted by atomic mass is 32.2. The molecule has 0 unspecified atom stereocenters. The van der Waals surface area contributed by atoms with Gasteiger partial charge in [0.05, 0.1) is 5.41 Å². The molecule has 1 spiro atoms. The Morgan fingerprint density at radius 3 is 2.77 bits per heavy atom. The van der Waals surface area contributed by atoms with Crippen molar-refractivity contribution in [3.8, 4) is 0 Å². The van der Waals surface area contributed by atoms with Gasteiger partial charge in [-0.2, -0.15) is 11.8 Å². The zero-order valence-electron chi connectivity index (χ0n) is 15.0. The van der Waals surface area contributed by atoms with Crippen LogP contribution in [0.3, 0.4) is 0 Å². The van der Waals surface area contributed by atoms with E-state index in [4.69, 9.17) is 0 Å². The third-order valence-corrected chi connectivity index (χ3v) is 6.02. The first kappa shape index (κ1) is 19.1. The zero-order chi connectivity index (χ0) is 18.7. The maximum Gasteiger partial charge on any atom is 0.230 e. The fourth-order valence-electron chi connectivity index (χ4n) is 3.97. The Balaban J connectivity index is 1.67. The van der Waals surface area contributed by atoms with Crippen LogP contribution in [0, 0.1) is 17.0 Å². The molecule has 2 aliphatic rings. The summed E-state index contributed by atoms with van der Waals surface area (Å²) in [6, 6.07) is 3.76. The van der Waals surface area contributed by atoms with E-state index in [0.29, 0.717) is 38.0 Å². The lowest BCUT2D eigenvalue weighted by Gasteiger charge is -2.39. The van der Waals surface area contributed by atoms with Crippen molar-refractivity contribution < 1.29 is 18.4 Å². The number of hydrogen-bond acceptors (Lipinski definition) is 3. The first-order valence-electron chi connectivity index (χ1n) is 8.95. The smallest absolute Gasteiger partial charge is 0.230 e. The van der Waals surface area contributed by atoms with Gasteiger partial charge in [-0.1, -0.05) is 6.07 Å². The van der Waals surface area contributed by atoms with Crippen LogP contribution in [0.15, 0.2) is 18.2 Å². The zero-order valence-corrected chi connectivity index (χ0v) is 15.8. The van der Waals surface area contributed by atoms with Crippen molar-refractivity contribution in [1.82, 2.24) is 9.80 Å². The molecule has 2 amide bonds. The van der Waals surface area contributed by atoms with E-state index in [1.165, 1.54) is 6.07 Å². The quantitative estimate of drug-likeness (QED) is 0.786. The van der Waals surface area contributed by atoms with Crippen LogP contribution < -0.4 is 0 Å². The Hall–Kier alpha value is -1.63. The number of rotatable bonds is 5. The predicted molar refractivity (Wildman–Crippen MR) is 97.6 cm³/mol. The lowest BCUT2D eigenvalue weighted by atomic mass is 9.78. The number of piperidine rings is 1. The van der Waals surface area contributed by atoms with Gasteiger partial charge in [0.2, 0.25) is 11.8 Å². The molecule has 0 aromatic heterocycles. The van der Waals surface area contributed by atoms with Gasteiger partial charge in [-0.3, -0.25) is 9.59 Å². The van der Waals surface area contributed by atoms with Crippen molar-refractivity contribution in [1.29, 1.82) is 0 Å². The highest BCUT2D eigenvalue weighted by Crippen LogP contribution is 2.40. The number of nitrogens with zero attached hydrogens (tertiary/aromatic N) is 2. The van der Waals surface area contributed by atoms with E-state index in [0.717, 1.165) is 30.7 Å². The van der Waals surface area contributed by atoms with E-state index in [2.05, 4.69) is 0 Å². The highest BCUT2D eigenvalue weighted by molar-refractivity contribution is 7.98. The Labute approximate surface area is 156 Å². The molecule has 0 saturated carbocycles. The maximum atomic E-state index is 13.4. The molecule has 3 rings (SSSR count). The first-order valence-corrected chi connectivity index (χ1v) is 10.3. The molecular weight excluding hydrogens is 358 g/mol. The average molecular weight is 382 g/mol. The Morgan fingerprint density at radius 2 is 2.04 bits per heavy atom. The molecule has 2 heterocycles. The second-order valence-electron chi connectivity index (χ2n) is 7.17. The van der Waals surface area contributed by atoms with Crippen molar-refractivity contribution in [2.24, 2.45) is 5.41 Å². The van der Waals surface area contributed by atoms with Gasteiger partial charge in [0.15, 0.2) is 11.6 Å². The molecule has 0 radical (unpaired) electrons. The lowest BCUT2D eigenvalue weighted by Crippen LogP contribution is -2.50. The fourth-order valence-corrected chi connectivity index (χ4v) is 4.35. The molecule has 1 aromatic carbocycles. The van der Waals surface area contributed by atoms with E-state index in [1.54, 1.807) is 16.7 Å². The summed E-state index contributed by atoms with van der Waals surface area (Å²) in [5.41, 5.74) is 0.0754. The monoisotopic (exact) mass is 382 g/mol. The van der Waals surface area contributed by atoms with Gasteiger partial charge in [0.1, 0.15) is 0 Å².